The molecule has 0 saturated heterocycles. The Morgan fingerprint density at radius 2 is 1.94 bits per heavy atom. The van der Waals surface area contributed by atoms with Crippen molar-refractivity contribution < 1.29 is 9.59 Å². The van der Waals surface area contributed by atoms with Crippen LogP contribution in [-0.2, 0) is 6.54 Å². The Labute approximate surface area is 183 Å². The number of fused-ring (bicyclic) bond motifs is 1. The summed E-state index contributed by atoms with van der Waals surface area (Å²) in [5.41, 5.74) is 6.69. The fourth-order valence-electron chi connectivity index (χ4n) is 3.81. The maximum absolute atomic E-state index is 13.3. The molecule has 1 saturated carbocycles. The number of nitrogens with zero attached hydrogens (tertiary/aromatic N) is 2. The largest absolute Gasteiger partial charge is 0.366 e. The summed E-state index contributed by atoms with van der Waals surface area (Å²) in [5.74, 6) is -0.697. The lowest BCUT2D eigenvalue weighted by atomic mass is 10.1. The van der Waals surface area contributed by atoms with Gasteiger partial charge in [0.1, 0.15) is 0 Å². The summed E-state index contributed by atoms with van der Waals surface area (Å²) in [5, 5.41) is 2.87. The van der Waals surface area contributed by atoms with Crippen LogP contribution in [-0.4, -0.2) is 26.3 Å². The third-order valence-corrected chi connectivity index (χ3v) is 5.51. The summed E-state index contributed by atoms with van der Waals surface area (Å²) in [6.07, 6.45) is 1.90. The van der Waals surface area contributed by atoms with Gasteiger partial charge in [0.2, 0.25) is 5.91 Å². The third kappa shape index (κ3) is 4.05. The van der Waals surface area contributed by atoms with Gasteiger partial charge in [-0.25, -0.2) is 9.78 Å². The number of carbonyl (C=O) groups is 2. The average molecular weight is 435 g/mol. The summed E-state index contributed by atoms with van der Waals surface area (Å²) in [7, 11) is 0. The molecule has 0 aliphatic heterocycles. The molecular weight excluding hydrogens is 410 g/mol. The Morgan fingerprint density at radius 3 is 2.53 bits per heavy atom. The molecule has 1 fully saturated rings. The minimum absolute atomic E-state index is 0.0811. The first kappa shape index (κ1) is 21.5. The molecule has 4 rings (SSSR count). The zero-order valence-electron chi connectivity index (χ0n) is 18.2. The van der Waals surface area contributed by atoms with Crippen LogP contribution < -0.4 is 22.3 Å². The number of benzene rings is 1. The van der Waals surface area contributed by atoms with Gasteiger partial charge in [-0.15, -0.1) is 0 Å². The Kier molecular flexibility index (Phi) is 5.41. The Hall–Kier alpha value is -3.75. The number of primary amides is 1. The van der Waals surface area contributed by atoms with Gasteiger partial charge < -0.3 is 11.1 Å². The predicted octanol–water partition coefficient (Wildman–Crippen LogP) is 2.28. The molecule has 0 radical (unpaired) electrons. The van der Waals surface area contributed by atoms with E-state index >= 15 is 0 Å². The number of aromatic nitrogens is 3. The maximum Gasteiger partial charge on any atom is 0.330 e. The van der Waals surface area contributed by atoms with Gasteiger partial charge in [0.05, 0.1) is 10.9 Å². The normalized spacial score (nSPS) is 13.5. The van der Waals surface area contributed by atoms with Gasteiger partial charge >= 0.3 is 5.69 Å². The van der Waals surface area contributed by atoms with Crippen molar-refractivity contribution in [1.82, 2.24) is 14.5 Å². The molecule has 166 valence electrons. The third-order valence-electron chi connectivity index (χ3n) is 5.51. The first-order chi connectivity index (χ1) is 15.2. The van der Waals surface area contributed by atoms with E-state index in [1.165, 1.54) is 4.57 Å². The van der Waals surface area contributed by atoms with Crippen LogP contribution in [0.25, 0.3) is 11.0 Å². The van der Waals surface area contributed by atoms with Gasteiger partial charge in [-0.2, -0.15) is 0 Å². The van der Waals surface area contributed by atoms with Crippen LogP contribution in [0.4, 0.5) is 5.69 Å². The van der Waals surface area contributed by atoms with Crippen LogP contribution >= 0.6 is 0 Å². The zero-order valence-corrected chi connectivity index (χ0v) is 18.2. The van der Waals surface area contributed by atoms with Crippen molar-refractivity contribution in [3.8, 4) is 0 Å². The molecule has 0 spiro atoms. The van der Waals surface area contributed by atoms with Crippen LogP contribution in [0.2, 0.25) is 0 Å². The number of rotatable bonds is 6. The molecule has 2 heterocycles. The van der Waals surface area contributed by atoms with E-state index in [1.54, 1.807) is 31.2 Å². The molecule has 0 atom stereocenters. The number of hydrogen-bond acceptors (Lipinski definition) is 5. The molecular formula is C23H25N5O4. The average Bonchev–Trinajstić information content (AvgIpc) is 3.55. The molecule has 9 heteroatoms. The number of nitrogens with two attached hydrogens (primary N) is 1. The molecule has 0 bridgehead atoms. The summed E-state index contributed by atoms with van der Waals surface area (Å²) < 4.78 is 1.43. The van der Waals surface area contributed by atoms with Crippen LogP contribution in [0.15, 0.2) is 33.9 Å². The van der Waals surface area contributed by atoms with Gasteiger partial charge in [0.25, 0.3) is 11.5 Å². The van der Waals surface area contributed by atoms with Gasteiger partial charge in [-0.1, -0.05) is 13.8 Å². The highest BCUT2D eigenvalue weighted by Gasteiger charge is 2.29. The minimum atomic E-state index is -0.648. The molecule has 1 aliphatic carbocycles. The topological polar surface area (TPSA) is 140 Å². The van der Waals surface area contributed by atoms with Gasteiger partial charge in [0, 0.05) is 29.4 Å². The SMILES string of the molecule is Cc1cc(NC(=O)c2cc(C3CC3)nc3c2c(=O)[nH]c(=O)n3CC(C)C)ccc1C(N)=O. The van der Waals surface area contributed by atoms with Gasteiger partial charge in [-0.05, 0) is 55.5 Å². The first-order valence-corrected chi connectivity index (χ1v) is 10.5. The minimum Gasteiger partial charge on any atom is -0.366 e. The quantitative estimate of drug-likeness (QED) is 0.545. The molecule has 0 unspecified atom stereocenters. The van der Waals surface area contributed by atoms with E-state index in [4.69, 9.17) is 5.73 Å². The molecule has 1 aromatic carbocycles. The van der Waals surface area contributed by atoms with Crippen LogP contribution in [0.5, 0.6) is 0 Å². The fourth-order valence-corrected chi connectivity index (χ4v) is 3.81. The van der Waals surface area contributed by atoms with E-state index in [0.717, 1.165) is 12.8 Å². The second-order valence-corrected chi connectivity index (χ2v) is 8.68. The van der Waals surface area contributed by atoms with Crippen molar-refractivity contribution in [2.45, 2.75) is 46.1 Å². The summed E-state index contributed by atoms with van der Waals surface area (Å²) in [6.45, 7) is 6.00. The van der Waals surface area contributed by atoms with Crippen molar-refractivity contribution >= 4 is 28.5 Å². The lowest BCUT2D eigenvalue weighted by Gasteiger charge is -2.15. The number of amides is 2. The van der Waals surface area contributed by atoms with E-state index in [9.17, 15) is 19.2 Å². The monoisotopic (exact) mass is 435 g/mol. The highest BCUT2D eigenvalue weighted by Crippen LogP contribution is 2.40. The van der Waals surface area contributed by atoms with Crippen molar-refractivity contribution in [1.29, 1.82) is 0 Å². The van der Waals surface area contributed by atoms with Crippen molar-refractivity contribution in [3.05, 3.63) is 67.5 Å². The number of anilines is 1. The van der Waals surface area contributed by atoms with E-state index < -0.39 is 23.1 Å². The Morgan fingerprint density at radius 1 is 1.22 bits per heavy atom. The van der Waals surface area contributed by atoms with Gasteiger partial charge in [-0.3, -0.25) is 23.9 Å². The summed E-state index contributed by atoms with van der Waals surface area (Å²) >= 11 is 0. The van der Waals surface area contributed by atoms with E-state index in [1.807, 2.05) is 13.8 Å². The highest BCUT2D eigenvalue weighted by molar-refractivity contribution is 6.12. The highest BCUT2D eigenvalue weighted by atomic mass is 16.2. The smallest absolute Gasteiger partial charge is 0.330 e. The Balaban J connectivity index is 1.85. The molecule has 9 nitrogen and oxygen atoms in total. The van der Waals surface area contributed by atoms with Gasteiger partial charge in [0.15, 0.2) is 5.65 Å². The molecule has 3 aromatic rings. The lowest BCUT2D eigenvalue weighted by Crippen LogP contribution is -2.33. The first-order valence-electron chi connectivity index (χ1n) is 10.5. The number of carbonyl (C=O) groups excluding carboxylic acids is 2. The van der Waals surface area contributed by atoms with E-state index in [2.05, 4.69) is 15.3 Å². The fraction of sp³-hybridized carbons (Fsp3) is 0.348. The lowest BCUT2D eigenvalue weighted by molar-refractivity contribution is 0.0998. The van der Waals surface area contributed by atoms with Crippen LogP contribution in [0, 0.1) is 12.8 Å². The number of H-pyrrole nitrogens is 1. The number of pyridine rings is 1. The summed E-state index contributed by atoms with van der Waals surface area (Å²) in [4.78, 5) is 56.9. The standard InChI is InChI=1S/C23H25N5O4/c1-11(2)10-28-20-18(22(31)27-23(28)32)16(9-17(26-20)13-4-5-13)21(30)25-14-6-7-15(19(24)29)12(3)8-14/h6-9,11,13H,4-5,10H2,1-3H3,(H2,24,29)(H,25,30)(H,27,31,32). The molecule has 1 aliphatic rings. The Bertz CT molecular complexity index is 1370. The summed E-state index contributed by atoms with van der Waals surface area (Å²) in [6, 6.07) is 6.40. The number of aromatic amines is 1. The molecule has 32 heavy (non-hydrogen) atoms. The number of hydrogen-bond donors (Lipinski definition) is 3. The number of aryl methyl sites for hydroxylation is 1. The predicted molar refractivity (Wildman–Crippen MR) is 121 cm³/mol. The molecule has 4 N–H and O–H groups in total. The molecule has 2 amide bonds. The second kappa shape index (κ2) is 8.07. The van der Waals surface area contributed by atoms with Crippen molar-refractivity contribution in [2.24, 2.45) is 11.7 Å². The zero-order chi connectivity index (χ0) is 23.2. The van der Waals surface area contributed by atoms with E-state index in [0.29, 0.717) is 29.1 Å². The van der Waals surface area contributed by atoms with Crippen molar-refractivity contribution in [3.63, 3.8) is 0 Å². The van der Waals surface area contributed by atoms with Crippen LogP contribution in [0.1, 0.15) is 64.6 Å². The second-order valence-electron chi connectivity index (χ2n) is 8.68. The van der Waals surface area contributed by atoms with Crippen molar-refractivity contribution in [2.75, 3.05) is 5.32 Å². The maximum atomic E-state index is 13.3. The van der Waals surface area contributed by atoms with E-state index in [-0.39, 0.29) is 28.4 Å². The number of nitrogens with one attached hydrogen (secondary N) is 2. The van der Waals surface area contributed by atoms with Crippen LogP contribution in [0.3, 0.4) is 0 Å². The molecule has 2 aromatic heterocycles.